The van der Waals surface area contributed by atoms with Gasteiger partial charge < -0.3 is 10.1 Å². The number of likely N-dealkylation sites (tertiary alicyclic amines) is 1. The quantitative estimate of drug-likeness (QED) is 0.475. The second-order valence-corrected chi connectivity index (χ2v) is 10.7. The molecule has 2 aromatic carbocycles. The van der Waals surface area contributed by atoms with E-state index in [0.717, 1.165) is 44.4 Å². The van der Waals surface area contributed by atoms with Crippen LogP contribution in [0.1, 0.15) is 29.7 Å². The number of aromatic nitrogens is 1. The third-order valence-electron chi connectivity index (χ3n) is 5.92. The molecule has 1 fully saturated rings. The van der Waals surface area contributed by atoms with Gasteiger partial charge in [0.15, 0.2) is 0 Å². The zero-order chi connectivity index (χ0) is 24.1. The van der Waals surface area contributed by atoms with Crippen LogP contribution in [0.3, 0.4) is 0 Å². The van der Waals surface area contributed by atoms with Gasteiger partial charge in [0.05, 0.1) is 6.26 Å². The summed E-state index contributed by atoms with van der Waals surface area (Å²) in [7, 11) is -3.30. The Hall–Kier alpha value is -3.10. The first-order valence-corrected chi connectivity index (χ1v) is 13.4. The number of ether oxygens (including phenoxy) is 1. The number of rotatable bonds is 8. The van der Waals surface area contributed by atoms with Crippen LogP contribution in [0.2, 0.25) is 0 Å². The van der Waals surface area contributed by atoms with Gasteiger partial charge in [0.25, 0.3) is 0 Å². The van der Waals surface area contributed by atoms with Crippen LogP contribution in [-0.2, 0) is 16.6 Å². The molecule has 180 valence electrons. The van der Waals surface area contributed by atoms with E-state index in [1.165, 1.54) is 16.8 Å². The molecular formula is C26H32N4O3S. The number of anilines is 2. The van der Waals surface area contributed by atoms with Gasteiger partial charge in [-0.1, -0.05) is 18.2 Å². The van der Waals surface area contributed by atoms with E-state index in [1.807, 2.05) is 13.0 Å². The summed E-state index contributed by atoms with van der Waals surface area (Å²) in [6.07, 6.45) is 3.36. The van der Waals surface area contributed by atoms with Gasteiger partial charge in [-0.25, -0.2) is 13.4 Å². The average molecular weight is 481 g/mol. The molecule has 2 N–H and O–H groups in total. The molecule has 0 atom stereocenters. The number of nitrogens with one attached hydrogen (secondary N) is 2. The molecule has 8 heteroatoms. The summed E-state index contributed by atoms with van der Waals surface area (Å²) in [6, 6.07) is 19.8. The third-order valence-corrected chi connectivity index (χ3v) is 6.53. The van der Waals surface area contributed by atoms with Crippen molar-refractivity contribution in [3.8, 4) is 11.6 Å². The highest BCUT2D eigenvalue weighted by molar-refractivity contribution is 7.92. The van der Waals surface area contributed by atoms with E-state index in [-0.39, 0.29) is 0 Å². The number of aryl methyl sites for hydroxylation is 2. The number of hydrogen-bond acceptors (Lipinski definition) is 6. The van der Waals surface area contributed by atoms with Gasteiger partial charge >= 0.3 is 0 Å². The summed E-state index contributed by atoms with van der Waals surface area (Å²) in [6.45, 7) is 7.11. The Balaban J connectivity index is 1.29. The van der Waals surface area contributed by atoms with Crippen LogP contribution in [-0.4, -0.2) is 43.7 Å². The predicted molar refractivity (Wildman–Crippen MR) is 137 cm³/mol. The molecule has 3 aromatic rings. The fourth-order valence-electron chi connectivity index (χ4n) is 4.16. The highest BCUT2D eigenvalue weighted by atomic mass is 32.2. The van der Waals surface area contributed by atoms with Crippen LogP contribution < -0.4 is 14.8 Å². The van der Waals surface area contributed by atoms with Crippen LogP contribution in [0, 0.1) is 13.8 Å². The lowest BCUT2D eigenvalue weighted by atomic mass is 10.0. The van der Waals surface area contributed by atoms with Gasteiger partial charge in [0, 0.05) is 48.8 Å². The zero-order valence-electron chi connectivity index (χ0n) is 19.9. The van der Waals surface area contributed by atoms with Crippen molar-refractivity contribution < 1.29 is 13.2 Å². The molecule has 0 unspecified atom stereocenters. The third kappa shape index (κ3) is 6.95. The predicted octanol–water partition coefficient (Wildman–Crippen LogP) is 4.94. The summed E-state index contributed by atoms with van der Waals surface area (Å²) < 4.78 is 31.0. The van der Waals surface area contributed by atoms with Crippen LogP contribution in [0.15, 0.2) is 60.7 Å². The molecule has 4 rings (SSSR count). The number of sulfonamides is 1. The summed E-state index contributed by atoms with van der Waals surface area (Å²) in [5.74, 6) is 1.12. The largest absolute Gasteiger partial charge is 0.439 e. The Morgan fingerprint density at radius 2 is 1.74 bits per heavy atom. The standard InChI is InChI=1S/C26H32N4O3S/c1-19-5-4-6-24(17-19)28-22-13-15-30(16-14-22)18-21-7-12-26(27-20(21)2)33-25-10-8-23(9-11-25)29-34(3,31)32/h4-12,17,22,28-29H,13-16,18H2,1-3H3. The Morgan fingerprint density at radius 1 is 1.00 bits per heavy atom. The van der Waals surface area contributed by atoms with Crippen molar-refractivity contribution in [2.45, 2.75) is 39.3 Å². The molecule has 1 aromatic heterocycles. The molecule has 0 bridgehead atoms. The molecule has 1 saturated heterocycles. The average Bonchev–Trinajstić information content (AvgIpc) is 2.77. The molecule has 7 nitrogen and oxygen atoms in total. The lowest BCUT2D eigenvalue weighted by Crippen LogP contribution is -2.38. The lowest BCUT2D eigenvalue weighted by Gasteiger charge is -2.33. The van der Waals surface area contributed by atoms with Crippen molar-refractivity contribution in [1.29, 1.82) is 0 Å². The van der Waals surface area contributed by atoms with Crippen LogP contribution in [0.25, 0.3) is 0 Å². The molecule has 2 heterocycles. The summed E-state index contributed by atoms with van der Waals surface area (Å²) >= 11 is 0. The maximum atomic E-state index is 11.3. The molecule has 1 aliphatic rings. The normalized spacial score (nSPS) is 15.1. The Morgan fingerprint density at radius 3 is 2.38 bits per heavy atom. The Kier molecular flexibility index (Phi) is 7.38. The summed E-state index contributed by atoms with van der Waals surface area (Å²) in [4.78, 5) is 7.10. The highest BCUT2D eigenvalue weighted by Crippen LogP contribution is 2.24. The van der Waals surface area contributed by atoms with Gasteiger partial charge in [-0.15, -0.1) is 0 Å². The highest BCUT2D eigenvalue weighted by Gasteiger charge is 2.20. The van der Waals surface area contributed by atoms with Gasteiger partial charge in [0.2, 0.25) is 15.9 Å². The van der Waals surface area contributed by atoms with E-state index in [9.17, 15) is 8.42 Å². The summed E-state index contributed by atoms with van der Waals surface area (Å²) in [5, 5.41) is 3.67. The van der Waals surface area contributed by atoms with Gasteiger partial charge in [-0.3, -0.25) is 9.62 Å². The van der Waals surface area contributed by atoms with E-state index < -0.39 is 10.0 Å². The molecule has 0 saturated carbocycles. The molecule has 0 spiro atoms. The van der Waals surface area contributed by atoms with Gasteiger partial charge in [-0.2, -0.15) is 0 Å². The number of pyridine rings is 1. The fourth-order valence-corrected chi connectivity index (χ4v) is 4.73. The molecule has 0 amide bonds. The topological polar surface area (TPSA) is 83.6 Å². The lowest BCUT2D eigenvalue weighted by molar-refractivity contribution is 0.210. The monoisotopic (exact) mass is 480 g/mol. The van der Waals surface area contributed by atoms with Crippen molar-refractivity contribution >= 4 is 21.4 Å². The van der Waals surface area contributed by atoms with Crippen molar-refractivity contribution in [1.82, 2.24) is 9.88 Å². The second-order valence-electron chi connectivity index (χ2n) is 8.96. The molecule has 0 radical (unpaired) electrons. The van der Waals surface area contributed by atoms with E-state index in [2.05, 4.69) is 57.2 Å². The number of piperidine rings is 1. The minimum atomic E-state index is -3.30. The fraction of sp³-hybridized carbons (Fsp3) is 0.346. The zero-order valence-corrected chi connectivity index (χ0v) is 20.7. The van der Waals surface area contributed by atoms with Crippen LogP contribution in [0.4, 0.5) is 11.4 Å². The van der Waals surface area contributed by atoms with E-state index in [0.29, 0.717) is 23.4 Å². The van der Waals surface area contributed by atoms with Gasteiger partial charge in [0.1, 0.15) is 5.75 Å². The van der Waals surface area contributed by atoms with Crippen molar-refractivity contribution in [2.75, 3.05) is 29.4 Å². The van der Waals surface area contributed by atoms with E-state index in [1.54, 1.807) is 24.3 Å². The number of hydrogen-bond donors (Lipinski definition) is 2. The first-order valence-electron chi connectivity index (χ1n) is 11.5. The second kappa shape index (κ2) is 10.4. The van der Waals surface area contributed by atoms with Crippen LogP contribution >= 0.6 is 0 Å². The number of nitrogens with zero attached hydrogens (tertiary/aromatic N) is 2. The first kappa shape index (κ1) is 24.0. The minimum absolute atomic E-state index is 0.493. The first-order chi connectivity index (χ1) is 16.2. The van der Waals surface area contributed by atoms with Crippen LogP contribution in [0.5, 0.6) is 11.6 Å². The van der Waals surface area contributed by atoms with Gasteiger partial charge in [-0.05, 0) is 74.2 Å². The minimum Gasteiger partial charge on any atom is -0.439 e. The molecule has 1 aliphatic heterocycles. The number of benzene rings is 2. The van der Waals surface area contributed by atoms with Crippen molar-refractivity contribution in [2.24, 2.45) is 0 Å². The smallest absolute Gasteiger partial charge is 0.229 e. The molecule has 0 aliphatic carbocycles. The maximum Gasteiger partial charge on any atom is 0.229 e. The SMILES string of the molecule is Cc1cccc(NC2CCN(Cc3ccc(Oc4ccc(NS(C)(=O)=O)cc4)nc3C)CC2)c1. The van der Waals surface area contributed by atoms with Crippen molar-refractivity contribution in [3.63, 3.8) is 0 Å². The molecular weight excluding hydrogens is 448 g/mol. The summed E-state index contributed by atoms with van der Waals surface area (Å²) in [5.41, 5.74) is 5.12. The molecule has 34 heavy (non-hydrogen) atoms. The van der Waals surface area contributed by atoms with E-state index in [4.69, 9.17) is 4.74 Å². The Labute approximate surface area is 202 Å². The van der Waals surface area contributed by atoms with Crippen molar-refractivity contribution in [3.05, 3.63) is 77.5 Å². The Bertz CT molecular complexity index is 1220. The maximum absolute atomic E-state index is 11.3. The van der Waals surface area contributed by atoms with E-state index >= 15 is 0 Å².